The van der Waals surface area contributed by atoms with Gasteiger partial charge in [-0.25, -0.2) is 0 Å². The Morgan fingerprint density at radius 2 is 1.94 bits per heavy atom. The highest BCUT2D eigenvalue weighted by Gasteiger charge is 1.96. The van der Waals surface area contributed by atoms with Crippen LogP contribution in [0.25, 0.3) is 5.57 Å². The minimum atomic E-state index is 1.05. The molecule has 1 nitrogen and oxygen atoms in total. The number of hydrogen-bond acceptors (Lipinski definition) is 1. The summed E-state index contributed by atoms with van der Waals surface area (Å²) in [6.45, 7) is 5.45. The Morgan fingerprint density at radius 1 is 1.25 bits per heavy atom. The van der Waals surface area contributed by atoms with Crippen LogP contribution in [-0.2, 0) is 6.42 Å². The van der Waals surface area contributed by atoms with E-state index < -0.39 is 0 Å². The van der Waals surface area contributed by atoms with Crippen molar-refractivity contribution in [3.63, 3.8) is 0 Å². The van der Waals surface area contributed by atoms with Crippen LogP contribution >= 0.6 is 0 Å². The molecule has 0 bridgehead atoms. The third kappa shape index (κ3) is 4.19. The van der Waals surface area contributed by atoms with E-state index in [1.165, 1.54) is 29.5 Å². The molecule has 0 saturated heterocycles. The zero-order chi connectivity index (χ0) is 11.8. The predicted molar refractivity (Wildman–Crippen MR) is 72.6 cm³/mol. The molecule has 0 aliphatic carbocycles. The van der Waals surface area contributed by atoms with Crippen LogP contribution in [0.5, 0.6) is 0 Å². The van der Waals surface area contributed by atoms with Crippen LogP contribution in [0.2, 0.25) is 0 Å². The van der Waals surface area contributed by atoms with Crippen molar-refractivity contribution in [3.05, 3.63) is 41.5 Å². The van der Waals surface area contributed by atoms with Crippen LogP contribution in [0.4, 0.5) is 0 Å². The minimum Gasteiger partial charge on any atom is -0.319 e. The molecule has 0 heterocycles. The molecule has 0 amide bonds. The molecule has 0 aliphatic rings. The third-order valence-electron chi connectivity index (χ3n) is 2.79. The summed E-state index contributed by atoms with van der Waals surface area (Å²) in [7, 11) is 1.99. The van der Waals surface area contributed by atoms with E-state index in [-0.39, 0.29) is 0 Å². The first-order chi connectivity index (χ1) is 7.77. The molecule has 0 unspecified atom stereocenters. The van der Waals surface area contributed by atoms with Gasteiger partial charge in [0, 0.05) is 0 Å². The highest BCUT2D eigenvalue weighted by Crippen LogP contribution is 2.15. The van der Waals surface area contributed by atoms with Crippen LogP contribution < -0.4 is 5.32 Å². The summed E-state index contributed by atoms with van der Waals surface area (Å²) >= 11 is 0. The SMILES string of the molecule is CCCc1ccc(C(C)=CCCNC)cc1. The van der Waals surface area contributed by atoms with Crippen molar-refractivity contribution in [2.45, 2.75) is 33.1 Å². The Labute approximate surface area is 99.6 Å². The number of rotatable bonds is 6. The first-order valence-electron chi connectivity index (χ1n) is 6.18. The maximum absolute atomic E-state index is 3.16. The van der Waals surface area contributed by atoms with Gasteiger partial charge in [-0.2, -0.15) is 0 Å². The van der Waals surface area contributed by atoms with Crippen LogP contribution in [0.15, 0.2) is 30.3 Å². The Hall–Kier alpha value is -1.08. The zero-order valence-corrected chi connectivity index (χ0v) is 10.7. The summed E-state index contributed by atoms with van der Waals surface area (Å²) in [6, 6.07) is 8.95. The number of benzene rings is 1. The molecule has 0 atom stereocenters. The lowest BCUT2D eigenvalue weighted by Gasteiger charge is -2.04. The molecule has 1 N–H and O–H groups in total. The fourth-order valence-electron chi connectivity index (χ4n) is 1.77. The lowest BCUT2D eigenvalue weighted by atomic mass is 10.0. The van der Waals surface area contributed by atoms with Gasteiger partial charge in [-0.05, 0) is 50.1 Å². The lowest BCUT2D eigenvalue weighted by molar-refractivity contribution is 0.808. The van der Waals surface area contributed by atoms with Crippen molar-refractivity contribution in [1.29, 1.82) is 0 Å². The van der Waals surface area contributed by atoms with E-state index >= 15 is 0 Å². The fraction of sp³-hybridized carbons (Fsp3) is 0.467. The van der Waals surface area contributed by atoms with Crippen LogP contribution in [-0.4, -0.2) is 13.6 Å². The smallest absolute Gasteiger partial charge is 0.00171 e. The van der Waals surface area contributed by atoms with Crippen molar-refractivity contribution >= 4 is 5.57 Å². The topological polar surface area (TPSA) is 12.0 Å². The first-order valence-corrected chi connectivity index (χ1v) is 6.18. The molecule has 0 aromatic heterocycles. The molecule has 1 heteroatoms. The van der Waals surface area contributed by atoms with Crippen molar-refractivity contribution in [2.24, 2.45) is 0 Å². The highest BCUT2D eigenvalue weighted by molar-refractivity contribution is 5.63. The molecule has 0 spiro atoms. The van der Waals surface area contributed by atoms with Gasteiger partial charge < -0.3 is 5.32 Å². The molecule has 0 radical (unpaired) electrons. The molecule has 0 fully saturated rings. The van der Waals surface area contributed by atoms with Gasteiger partial charge >= 0.3 is 0 Å². The summed E-state index contributed by atoms with van der Waals surface area (Å²) in [5.74, 6) is 0. The van der Waals surface area contributed by atoms with E-state index in [0.717, 1.165) is 13.0 Å². The average molecular weight is 217 g/mol. The predicted octanol–water partition coefficient (Wildman–Crippen LogP) is 3.65. The quantitative estimate of drug-likeness (QED) is 0.717. The van der Waals surface area contributed by atoms with E-state index in [4.69, 9.17) is 0 Å². The monoisotopic (exact) mass is 217 g/mol. The summed E-state index contributed by atoms with van der Waals surface area (Å²) in [6.07, 6.45) is 5.80. The number of nitrogens with one attached hydrogen (secondary N) is 1. The molecule has 1 aromatic rings. The standard InChI is InChI=1S/C15H23N/c1-4-6-14-8-10-15(11-9-14)13(2)7-5-12-16-3/h7-11,16H,4-6,12H2,1-3H3. The average Bonchev–Trinajstić information content (AvgIpc) is 2.30. The number of hydrogen-bond donors (Lipinski definition) is 1. The van der Waals surface area contributed by atoms with E-state index in [1.54, 1.807) is 0 Å². The largest absolute Gasteiger partial charge is 0.319 e. The van der Waals surface area contributed by atoms with Gasteiger partial charge in [0.2, 0.25) is 0 Å². The van der Waals surface area contributed by atoms with Crippen molar-refractivity contribution in [3.8, 4) is 0 Å². The second-order valence-electron chi connectivity index (χ2n) is 4.23. The van der Waals surface area contributed by atoms with E-state index in [9.17, 15) is 0 Å². The summed E-state index contributed by atoms with van der Waals surface area (Å²) < 4.78 is 0. The molecule has 1 rings (SSSR count). The van der Waals surface area contributed by atoms with E-state index in [1.807, 2.05) is 7.05 Å². The van der Waals surface area contributed by atoms with Gasteiger partial charge in [-0.1, -0.05) is 43.7 Å². The third-order valence-corrected chi connectivity index (χ3v) is 2.79. The van der Waals surface area contributed by atoms with Gasteiger partial charge in [0.1, 0.15) is 0 Å². The van der Waals surface area contributed by atoms with E-state index in [2.05, 4.69) is 49.5 Å². The van der Waals surface area contributed by atoms with Gasteiger partial charge in [0.05, 0.1) is 0 Å². The van der Waals surface area contributed by atoms with Gasteiger partial charge in [0.25, 0.3) is 0 Å². The maximum atomic E-state index is 3.16. The minimum absolute atomic E-state index is 1.05. The van der Waals surface area contributed by atoms with Crippen molar-refractivity contribution < 1.29 is 0 Å². The zero-order valence-electron chi connectivity index (χ0n) is 10.7. The van der Waals surface area contributed by atoms with Crippen molar-refractivity contribution in [2.75, 3.05) is 13.6 Å². The second-order valence-corrected chi connectivity index (χ2v) is 4.23. The fourth-order valence-corrected chi connectivity index (χ4v) is 1.77. The van der Waals surface area contributed by atoms with Gasteiger partial charge in [-0.3, -0.25) is 0 Å². The Kier molecular flexibility index (Phi) is 5.87. The molecular weight excluding hydrogens is 194 g/mol. The van der Waals surface area contributed by atoms with Gasteiger partial charge in [0.15, 0.2) is 0 Å². The summed E-state index contributed by atoms with van der Waals surface area (Å²) in [5, 5.41) is 3.16. The van der Waals surface area contributed by atoms with Crippen LogP contribution in [0, 0.1) is 0 Å². The Bertz CT molecular complexity index is 322. The van der Waals surface area contributed by atoms with Crippen LogP contribution in [0.3, 0.4) is 0 Å². The molecule has 88 valence electrons. The number of aryl methyl sites for hydroxylation is 1. The molecular formula is C15H23N. The van der Waals surface area contributed by atoms with Gasteiger partial charge in [-0.15, -0.1) is 0 Å². The normalized spacial score (nSPS) is 11.8. The second kappa shape index (κ2) is 7.24. The Balaban J connectivity index is 2.62. The lowest BCUT2D eigenvalue weighted by Crippen LogP contribution is -2.05. The Morgan fingerprint density at radius 3 is 2.50 bits per heavy atom. The summed E-state index contributed by atoms with van der Waals surface area (Å²) in [4.78, 5) is 0. The summed E-state index contributed by atoms with van der Waals surface area (Å²) in [5.41, 5.74) is 4.16. The van der Waals surface area contributed by atoms with Crippen molar-refractivity contribution in [1.82, 2.24) is 5.32 Å². The maximum Gasteiger partial charge on any atom is -0.00171 e. The first kappa shape index (κ1) is 13.0. The number of allylic oxidation sites excluding steroid dienone is 1. The molecule has 1 aromatic carbocycles. The van der Waals surface area contributed by atoms with Crippen LogP contribution in [0.1, 0.15) is 37.8 Å². The highest BCUT2D eigenvalue weighted by atomic mass is 14.8. The van der Waals surface area contributed by atoms with E-state index in [0.29, 0.717) is 0 Å². The molecule has 0 saturated carbocycles. The molecule has 0 aliphatic heterocycles. The molecule has 16 heavy (non-hydrogen) atoms.